The highest BCUT2D eigenvalue weighted by Gasteiger charge is 2.45. The van der Waals surface area contributed by atoms with Crippen LogP contribution in [0.1, 0.15) is 19.8 Å². The Kier molecular flexibility index (Phi) is 11.1. The molecule has 0 rings (SSSR count). The third-order valence-corrected chi connectivity index (χ3v) is 5.77. The van der Waals surface area contributed by atoms with E-state index in [1.807, 2.05) is 0 Å². The van der Waals surface area contributed by atoms with E-state index in [1.165, 1.54) is 0 Å². The number of halogens is 1. The van der Waals surface area contributed by atoms with E-state index < -0.39 is 8.80 Å². The highest BCUT2D eigenvalue weighted by Crippen LogP contribution is 2.29. The topological polar surface area (TPSA) is 53.7 Å². The molecule has 0 saturated heterocycles. The molecule has 0 amide bonds. The van der Waals surface area contributed by atoms with E-state index in [1.54, 1.807) is 21.3 Å². The van der Waals surface area contributed by atoms with Gasteiger partial charge in [-0.25, -0.2) is 0 Å². The van der Waals surface area contributed by atoms with E-state index in [4.69, 9.17) is 19.0 Å². The van der Waals surface area contributed by atoms with Crippen LogP contribution in [0.4, 0.5) is 0 Å². The van der Waals surface area contributed by atoms with Crippen LogP contribution in [0.25, 0.3) is 0 Å². The van der Waals surface area contributed by atoms with Crippen molar-refractivity contribution >= 4 is 32.8 Å². The van der Waals surface area contributed by atoms with Gasteiger partial charge in [-0.3, -0.25) is 0 Å². The molecule has 0 fully saturated rings. The fourth-order valence-electron chi connectivity index (χ4n) is 1.58. The van der Waals surface area contributed by atoms with E-state index in [9.17, 15) is 0 Å². The van der Waals surface area contributed by atoms with Gasteiger partial charge >= 0.3 is 8.80 Å². The molecule has 0 aliphatic carbocycles. The SMILES string of the molecule is CCC(CCN)[Si](OC)(OC)OC.I. The Morgan fingerprint density at radius 3 is 1.79 bits per heavy atom. The minimum atomic E-state index is -2.45. The third-order valence-electron chi connectivity index (χ3n) is 2.36. The van der Waals surface area contributed by atoms with Crippen LogP contribution in [0.5, 0.6) is 0 Å². The van der Waals surface area contributed by atoms with Gasteiger partial charge in [-0.05, 0) is 19.4 Å². The molecule has 0 bridgehead atoms. The van der Waals surface area contributed by atoms with Crippen LogP contribution in [0.15, 0.2) is 0 Å². The van der Waals surface area contributed by atoms with Crippen LogP contribution in [-0.4, -0.2) is 36.7 Å². The maximum Gasteiger partial charge on any atom is 0.503 e. The number of hydrogen-bond donors (Lipinski definition) is 1. The molecule has 0 aromatic heterocycles. The van der Waals surface area contributed by atoms with Crippen LogP contribution in [-0.2, 0) is 13.3 Å². The summed E-state index contributed by atoms with van der Waals surface area (Å²) < 4.78 is 16.1. The third kappa shape index (κ3) is 4.11. The number of nitrogens with two attached hydrogens (primary N) is 1. The first kappa shape index (κ1) is 17.2. The lowest BCUT2D eigenvalue weighted by Gasteiger charge is -2.31. The molecule has 0 spiro atoms. The standard InChI is InChI=1S/C8H21NO3Si.HI/c1-5-8(6-7-9)13(10-2,11-3)12-4;/h8H,5-7,9H2,1-4H3;1H. The summed E-state index contributed by atoms with van der Waals surface area (Å²) in [5.74, 6) is 0. The molecule has 2 N–H and O–H groups in total. The Balaban J connectivity index is 0. The summed E-state index contributed by atoms with van der Waals surface area (Å²) in [6, 6.07) is 0. The highest BCUT2D eigenvalue weighted by molar-refractivity contribution is 14.0. The molecule has 1 atom stereocenters. The molecule has 0 aromatic rings. The molecule has 6 heteroatoms. The predicted molar refractivity (Wildman–Crippen MR) is 69.9 cm³/mol. The fourth-order valence-corrected chi connectivity index (χ4v) is 4.10. The Bertz CT molecular complexity index is 127. The fraction of sp³-hybridized carbons (Fsp3) is 1.00. The molecule has 1 unspecified atom stereocenters. The molecule has 0 heterocycles. The molecule has 14 heavy (non-hydrogen) atoms. The first-order valence-electron chi connectivity index (χ1n) is 4.56. The summed E-state index contributed by atoms with van der Waals surface area (Å²) in [5, 5.41) is 0. The van der Waals surface area contributed by atoms with E-state index >= 15 is 0 Å². The van der Waals surface area contributed by atoms with E-state index in [0.29, 0.717) is 12.1 Å². The van der Waals surface area contributed by atoms with Gasteiger partial charge in [0.1, 0.15) is 0 Å². The van der Waals surface area contributed by atoms with E-state index in [2.05, 4.69) is 6.92 Å². The molecule has 4 nitrogen and oxygen atoms in total. The van der Waals surface area contributed by atoms with Crippen molar-refractivity contribution in [3.8, 4) is 0 Å². The first-order chi connectivity index (χ1) is 6.20. The molecule has 0 saturated carbocycles. The second kappa shape index (κ2) is 9.04. The quantitative estimate of drug-likeness (QED) is 0.567. The maximum atomic E-state index is 5.52. The van der Waals surface area contributed by atoms with Crippen molar-refractivity contribution in [2.24, 2.45) is 5.73 Å². The molecule has 0 aliphatic heterocycles. The van der Waals surface area contributed by atoms with Crippen LogP contribution in [0, 0.1) is 0 Å². The molecule has 0 aromatic carbocycles. The van der Waals surface area contributed by atoms with Crippen molar-refractivity contribution in [3.05, 3.63) is 0 Å². The van der Waals surface area contributed by atoms with Crippen LogP contribution in [0.3, 0.4) is 0 Å². The Morgan fingerprint density at radius 2 is 1.57 bits per heavy atom. The normalized spacial score (nSPS) is 13.5. The van der Waals surface area contributed by atoms with Crippen molar-refractivity contribution in [1.82, 2.24) is 0 Å². The summed E-state index contributed by atoms with van der Waals surface area (Å²) in [4.78, 5) is 0. The zero-order valence-corrected chi connectivity index (χ0v) is 12.7. The maximum absolute atomic E-state index is 5.52. The smallest absolute Gasteiger partial charge is 0.377 e. The Morgan fingerprint density at radius 1 is 1.14 bits per heavy atom. The van der Waals surface area contributed by atoms with Gasteiger partial charge in [0, 0.05) is 26.9 Å². The summed E-state index contributed by atoms with van der Waals surface area (Å²) in [5.41, 5.74) is 5.82. The van der Waals surface area contributed by atoms with Gasteiger partial charge in [0.25, 0.3) is 0 Å². The van der Waals surface area contributed by atoms with Gasteiger partial charge in [0.05, 0.1) is 0 Å². The van der Waals surface area contributed by atoms with Gasteiger partial charge in [-0.1, -0.05) is 6.92 Å². The van der Waals surface area contributed by atoms with Gasteiger partial charge in [-0.15, -0.1) is 24.0 Å². The van der Waals surface area contributed by atoms with Gasteiger partial charge < -0.3 is 19.0 Å². The molecule has 88 valence electrons. The highest BCUT2D eigenvalue weighted by atomic mass is 127. The number of rotatable bonds is 7. The van der Waals surface area contributed by atoms with Gasteiger partial charge in [-0.2, -0.15) is 0 Å². The van der Waals surface area contributed by atoms with Crippen molar-refractivity contribution < 1.29 is 13.3 Å². The average Bonchev–Trinajstić information content (AvgIpc) is 2.19. The van der Waals surface area contributed by atoms with Gasteiger partial charge in [0.15, 0.2) is 0 Å². The van der Waals surface area contributed by atoms with Crippen molar-refractivity contribution in [3.63, 3.8) is 0 Å². The summed E-state index contributed by atoms with van der Waals surface area (Å²) in [6.07, 6.45) is 1.86. The van der Waals surface area contributed by atoms with Crippen molar-refractivity contribution in [2.75, 3.05) is 27.9 Å². The monoisotopic (exact) mass is 335 g/mol. The van der Waals surface area contributed by atoms with Crippen molar-refractivity contribution in [2.45, 2.75) is 25.3 Å². The zero-order chi connectivity index (χ0) is 10.3. The van der Waals surface area contributed by atoms with E-state index in [0.717, 1.165) is 12.8 Å². The lowest BCUT2D eigenvalue weighted by molar-refractivity contribution is 0.109. The zero-order valence-electron chi connectivity index (χ0n) is 9.41. The van der Waals surface area contributed by atoms with Gasteiger partial charge in [0.2, 0.25) is 0 Å². The predicted octanol–water partition coefficient (Wildman–Crippen LogP) is 1.61. The van der Waals surface area contributed by atoms with Crippen LogP contribution in [0.2, 0.25) is 5.54 Å². The minimum Gasteiger partial charge on any atom is -0.377 e. The molecular formula is C8H22INO3Si. The summed E-state index contributed by atoms with van der Waals surface area (Å²) in [6.45, 7) is 2.74. The summed E-state index contributed by atoms with van der Waals surface area (Å²) >= 11 is 0. The van der Waals surface area contributed by atoms with Crippen LogP contribution < -0.4 is 5.73 Å². The number of hydrogen-bond acceptors (Lipinski definition) is 4. The second-order valence-electron chi connectivity index (χ2n) is 2.90. The largest absolute Gasteiger partial charge is 0.503 e. The molecule has 0 aliphatic rings. The molecular weight excluding hydrogens is 313 g/mol. The van der Waals surface area contributed by atoms with E-state index in [-0.39, 0.29) is 24.0 Å². The summed E-state index contributed by atoms with van der Waals surface area (Å²) in [7, 11) is 2.46. The average molecular weight is 335 g/mol. The lowest BCUT2D eigenvalue weighted by Crippen LogP contribution is -2.48. The second-order valence-corrected chi connectivity index (χ2v) is 6.15. The van der Waals surface area contributed by atoms with Crippen molar-refractivity contribution in [1.29, 1.82) is 0 Å². The molecule has 0 radical (unpaired) electrons. The Labute approximate surface area is 105 Å². The Hall–Kier alpha value is 0.787. The first-order valence-corrected chi connectivity index (χ1v) is 6.36. The minimum absolute atomic E-state index is 0. The van der Waals surface area contributed by atoms with Crippen LogP contribution >= 0.6 is 24.0 Å². The lowest BCUT2D eigenvalue weighted by atomic mass is 10.2.